The summed E-state index contributed by atoms with van der Waals surface area (Å²) in [6, 6.07) is 5.83. The third-order valence-corrected chi connectivity index (χ3v) is 1.92. The van der Waals surface area contributed by atoms with E-state index in [9.17, 15) is 0 Å². The van der Waals surface area contributed by atoms with E-state index in [1.54, 1.807) is 24.1 Å². The smallest absolute Gasteiger partial charge is 0.159 e. The highest BCUT2D eigenvalue weighted by atomic mass is 15.4. The number of aromatic nitrogens is 2. The van der Waals surface area contributed by atoms with Gasteiger partial charge in [0.15, 0.2) is 5.65 Å². The molecule has 0 fully saturated rings. The Labute approximate surface area is 75.4 Å². The Morgan fingerprint density at radius 3 is 3.15 bits per heavy atom. The highest BCUT2D eigenvalue weighted by Crippen LogP contribution is 2.16. The second-order valence-electron chi connectivity index (χ2n) is 2.62. The van der Waals surface area contributed by atoms with E-state index >= 15 is 0 Å². The lowest BCUT2D eigenvalue weighted by Gasteiger charge is -1.99. The van der Waals surface area contributed by atoms with Crippen LogP contribution in [0.2, 0.25) is 0 Å². The van der Waals surface area contributed by atoms with Gasteiger partial charge in [-0.2, -0.15) is 5.26 Å². The van der Waals surface area contributed by atoms with Crippen LogP contribution in [0.4, 0.5) is 0 Å². The zero-order valence-electron chi connectivity index (χ0n) is 7.15. The standard InChI is InChI=1S/C9H8N4/c1-11-13-6-7(5-10)8-3-2-4-12-9(8)13/h2-4,6,11H,1H3. The minimum atomic E-state index is 0.637. The van der Waals surface area contributed by atoms with Crippen molar-refractivity contribution in [2.75, 3.05) is 12.5 Å². The average Bonchev–Trinajstić information content (AvgIpc) is 2.56. The highest BCUT2D eigenvalue weighted by Gasteiger charge is 2.06. The number of hydrogen-bond acceptors (Lipinski definition) is 3. The molecule has 2 rings (SSSR count). The number of nitrogens with one attached hydrogen (secondary N) is 1. The maximum Gasteiger partial charge on any atom is 0.159 e. The van der Waals surface area contributed by atoms with Crippen LogP contribution in [0.15, 0.2) is 24.5 Å². The van der Waals surface area contributed by atoms with E-state index in [4.69, 9.17) is 5.26 Å². The van der Waals surface area contributed by atoms with Gasteiger partial charge < -0.3 is 5.43 Å². The molecule has 0 aliphatic heterocycles. The lowest BCUT2D eigenvalue weighted by atomic mass is 10.2. The van der Waals surface area contributed by atoms with Crippen LogP contribution in [0.3, 0.4) is 0 Å². The molecule has 0 aliphatic carbocycles. The van der Waals surface area contributed by atoms with E-state index in [2.05, 4.69) is 16.5 Å². The summed E-state index contributed by atoms with van der Waals surface area (Å²) in [4.78, 5) is 4.17. The molecule has 13 heavy (non-hydrogen) atoms. The van der Waals surface area contributed by atoms with Crippen LogP contribution in [-0.4, -0.2) is 16.7 Å². The fourth-order valence-corrected chi connectivity index (χ4v) is 1.32. The van der Waals surface area contributed by atoms with Crippen molar-refractivity contribution in [2.24, 2.45) is 0 Å². The molecule has 0 bridgehead atoms. The Hall–Kier alpha value is -2.02. The highest BCUT2D eigenvalue weighted by molar-refractivity contribution is 5.83. The van der Waals surface area contributed by atoms with Crippen LogP contribution in [0.1, 0.15) is 5.56 Å². The van der Waals surface area contributed by atoms with E-state index in [0.717, 1.165) is 11.0 Å². The normalized spacial score (nSPS) is 9.85. The summed E-state index contributed by atoms with van der Waals surface area (Å²) in [5.74, 6) is 0. The predicted octanol–water partition coefficient (Wildman–Crippen LogP) is 1.08. The second-order valence-corrected chi connectivity index (χ2v) is 2.62. The van der Waals surface area contributed by atoms with E-state index in [1.807, 2.05) is 12.1 Å². The Kier molecular flexibility index (Phi) is 1.64. The third kappa shape index (κ3) is 1.02. The molecule has 0 atom stereocenters. The van der Waals surface area contributed by atoms with Crippen LogP contribution in [0.25, 0.3) is 11.0 Å². The maximum atomic E-state index is 8.83. The lowest BCUT2D eigenvalue weighted by Crippen LogP contribution is -2.06. The Morgan fingerprint density at radius 1 is 1.62 bits per heavy atom. The zero-order chi connectivity index (χ0) is 9.26. The van der Waals surface area contributed by atoms with Gasteiger partial charge in [-0.05, 0) is 12.1 Å². The molecule has 2 aromatic rings. The number of nitriles is 1. The van der Waals surface area contributed by atoms with Crippen molar-refractivity contribution in [3.05, 3.63) is 30.1 Å². The summed E-state index contributed by atoms with van der Waals surface area (Å²) >= 11 is 0. The van der Waals surface area contributed by atoms with Gasteiger partial charge in [-0.25, -0.2) is 9.66 Å². The summed E-state index contributed by atoms with van der Waals surface area (Å²) in [7, 11) is 1.79. The van der Waals surface area contributed by atoms with Gasteiger partial charge >= 0.3 is 0 Å². The monoisotopic (exact) mass is 172 g/mol. The van der Waals surface area contributed by atoms with Gasteiger partial charge in [-0.3, -0.25) is 0 Å². The lowest BCUT2D eigenvalue weighted by molar-refractivity contribution is 0.955. The number of hydrogen-bond donors (Lipinski definition) is 1. The molecular formula is C9H8N4. The average molecular weight is 172 g/mol. The third-order valence-electron chi connectivity index (χ3n) is 1.92. The summed E-state index contributed by atoms with van der Waals surface area (Å²) in [6.45, 7) is 0. The van der Waals surface area contributed by atoms with Crippen molar-refractivity contribution in [2.45, 2.75) is 0 Å². The molecule has 0 unspecified atom stereocenters. The minimum Gasteiger partial charge on any atom is -0.328 e. The van der Waals surface area contributed by atoms with Gasteiger partial charge in [0.05, 0.1) is 5.56 Å². The van der Waals surface area contributed by atoms with Gasteiger partial charge in [-0.15, -0.1) is 0 Å². The number of rotatable bonds is 1. The van der Waals surface area contributed by atoms with Crippen molar-refractivity contribution < 1.29 is 0 Å². The van der Waals surface area contributed by atoms with Crippen LogP contribution < -0.4 is 5.43 Å². The Balaban J connectivity index is 2.84. The molecular weight excluding hydrogens is 164 g/mol. The molecule has 0 spiro atoms. The quantitative estimate of drug-likeness (QED) is 0.700. The van der Waals surface area contributed by atoms with E-state index in [-0.39, 0.29) is 0 Å². The van der Waals surface area contributed by atoms with Crippen molar-refractivity contribution in [3.63, 3.8) is 0 Å². The fourth-order valence-electron chi connectivity index (χ4n) is 1.32. The number of nitrogens with zero attached hydrogens (tertiary/aromatic N) is 3. The van der Waals surface area contributed by atoms with E-state index < -0.39 is 0 Å². The molecule has 2 aromatic heterocycles. The summed E-state index contributed by atoms with van der Waals surface area (Å²) < 4.78 is 1.73. The largest absolute Gasteiger partial charge is 0.328 e. The Bertz CT molecular complexity index is 478. The second kappa shape index (κ2) is 2.79. The van der Waals surface area contributed by atoms with Crippen molar-refractivity contribution in [3.8, 4) is 6.07 Å². The Morgan fingerprint density at radius 2 is 2.46 bits per heavy atom. The molecule has 4 nitrogen and oxygen atoms in total. The predicted molar refractivity (Wildman–Crippen MR) is 49.7 cm³/mol. The minimum absolute atomic E-state index is 0.637. The van der Waals surface area contributed by atoms with Crippen molar-refractivity contribution >= 4 is 11.0 Å². The van der Waals surface area contributed by atoms with Gasteiger partial charge in [0, 0.05) is 24.8 Å². The first kappa shape index (κ1) is 7.62. The molecule has 2 heterocycles. The molecule has 0 saturated heterocycles. The first-order valence-electron chi connectivity index (χ1n) is 3.90. The molecule has 0 amide bonds. The molecule has 0 aliphatic rings. The van der Waals surface area contributed by atoms with Gasteiger partial charge in [-0.1, -0.05) is 0 Å². The van der Waals surface area contributed by atoms with Crippen molar-refractivity contribution in [1.82, 2.24) is 9.66 Å². The first-order chi connectivity index (χ1) is 6.36. The maximum absolute atomic E-state index is 8.83. The number of pyridine rings is 1. The van der Waals surface area contributed by atoms with Crippen LogP contribution >= 0.6 is 0 Å². The number of fused-ring (bicyclic) bond motifs is 1. The van der Waals surface area contributed by atoms with Crippen LogP contribution in [0.5, 0.6) is 0 Å². The molecule has 0 radical (unpaired) electrons. The summed E-state index contributed by atoms with van der Waals surface area (Å²) in [5.41, 5.74) is 4.34. The summed E-state index contributed by atoms with van der Waals surface area (Å²) in [5, 5.41) is 9.70. The van der Waals surface area contributed by atoms with Crippen LogP contribution in [-0.2, 0) is 0 Å². The van der Waals surface area contributed by atoms with Crippen LogP contribution in [0, 0.1) is 11.3 Å². The molecule has 0 saturated carbocycles. The molecule has 4 heteroatoms. The fraction of sp³-hybridized carbons (Fsp3) is 0.111. The van der Waals surface area contributed by atoms with Gasteiger partial charge in [0.2, 0.25) is 0 Å². The van der Waals surface area contributed by atoms with E-state index in [1.165, 1.54) is 0 Å². The summed E-state index contributed by atoms with van der Waals surface area (Å²) in [6.07, 6.45) is 3.44. The topological polar surface area (TPSA) is 53.6 Å². The molecule has 1 N–H and O–H groups in total. The van der Waals surface area contributed by atoms with Crippen molar-refractivity contribution in [1.29, 1.82) is 5.26 Å². The van der Waals surface area contributed by atoms with E-state index in [0.29, 0.717) is 5.56 Å². The molecule has 0 aromatic carbocycles. The van der Waals surface area contributed by atoms with Gasteiger partial charge in [0.1, 0.15) is 6.07 Å². The van der Waals surface area contributed by atoms with Gasteiger partial charge in [0.25, 0.3) is 0 Å². The first-order valence-corrected chi connectivity index (χ1v) is 3.90. The zero-order valence-corrected chi connectivity index (χ0v) is 7.15. The SMILES string of the molecule is CNn1cc(C#N)c2cccnc21. The molecule has 64 valence electrons.